The maximum Gasteiger partial charge on any atom is 0.275 e. The summed E-state index contributed by atoms with van der Waals surface area (Å²) in [7, 11) is -2.93. The van der Waals surface area contributed by atoms with Crippen molar-refractivity contribution in [3.05, 3.63) is 53.0 Å². The highest BCUT2D eigenvalue weighted by Gasteiger charge is 2.56. The molecule has 3 atom stereocenters. The summed E-state index contributed by atoms with van der Waals surface area (Å²) in [5.74, 6) is -1.64. The number of amides is 1. The van der Waals surface area contributed by atoms with E-state index in [-0.39, 0.29) is 23.0 Å². The summed E-state index contributed by atoms with van der Waals surface area (Å²) >= 11 is 0. The van der Waals surface area contributed by atoms with Crippen LogP contribution in [0.5, 0.6) is 0 Å². The lowest BCUT2D eigenvalue weighted by Gasteiger charge is -2.45. The molecule has 0 aliphatic carbocycles. The second kappa shape index (κ2) is 8.37. The molecule has 34 heavy (non-hydrogen) atoms. The largest absolute Gasteiger partial charge is 0.386 e. The predicted octanol–water partition coefficient (Wildman–Crippen LogP) is 3.70. The first-order valence-electron chi connectivity index (χ1n) is 11.1. The number of aryl methyl sites for hydroxylation is 1. The van der Waals surface area contributed by atoms with Crippen LogP contribution in [0.15, 0.2) is 33.8 Å². The highest BCUT2D eigenvalue weighted by molar-refractivity contribution is 7.96. The molecule has 0 unspecified atom stereocenters. The third-order valence-corrected chi connectivity index (χ3v) is 10.4. The van der Waals surface area contributed by atoms with Crippen LogP contribution in [0.3, 0.4) is 0 Å². The molecule has 0 spiro atoms. The number of amidine groups is 1. The highest BCUT2D eigenvalue weighted by atomic mass is 32.2. The molecular weight excluding hydrogens is 462 g/mol. The number of hydrogen-bond donors (Lipinski definition) is 2. The predicted molar refractivity (Wildman–Crippen MR) is 127 cm³/mol. The van der Waals surface area contributed by atoms with Crippen LogP contribution in [0.25, 0.3) is 0 Å². The van der Waals surface area contributed by atoms with E-state index in [4.69, 9.17) is 5.73 Å². The number of nitrogens with zero attached hydrogens (tertiary/aromatic N) is 4. The Balaban J connectivity index is 1.80. The fraction of sp³-hybridized carbons (Fsp3) is 0.478. The summed E-state index contributed by atoms with van der Waals surface area (Å²) in [6.07, 6.45) is 3.00. The lowest BCUT2D eigenvalue weighted by molar-refractivity contribution is 0.102. The van der Waals surface area contributed by atoms with Crippen LogP contribution in [-0.2, 0) is 15.3 Å². The first kappa shape index (κ1) is 24.2. The van der Waals surface area contributed by atoms with Crippen LogP contribution >= 0.6 is 0 Å². The van der Waals surface area contributed by atoms with Crippen LogP contribution in [0.4, 0.5) is 14.6 Å². The first-order chi connectivity index (χ1) is 15.9. The lowest BCUT2D eigenvalue weighted by atomic mass is 9.88. The molecule has 4 heterocycles. The minimum Gasteiger partial charge on any atom is -0.386 e. The van der Waals surface area contributed by atoms with Gasteiger partial charge in [0.05, 0.1) is 21.2 Å². The fourth-order valence-corrected chi connectivity index (χ4v) is 7.87. The van der Waals surface area contributed by atoms with Gasteiger partial charge >= 0.3 is 0 Å². The van der Waals surface area contributed by atoms with E-state index in [0.717, 1.165) is 19.0 Å². The maximum atomic E-state index is 15.2. The molecule has 4 rings (SSSR count). The third kappa shape index (κ3) is 3.75. The number of fused-ring (bicyclic) bond motifs is 1. The zero-order valence-corrected chi connectivity index (χ0v) is 20.4. The van der Waals surface area contributed by atoms with Gasteiger partial charge in [-0.05, 0) is 64.3 Å². The molecule has 2 aromatic rings. The summed E-state index contributed by atoms with van der Waals surface area (Å²) in [5, 5.41) is 1.98. The molecule has 11 heteroatoms. The Bertz CT molecular complexity index is 1320. The van der Waals surface area contributed by atoms with Crippen molar-refractivity contribution in [2.45, 2.75) is 62.5 Å². The lowest BCUT2D eigenvalue weighted by Crippen LogP contribution is -2.59. The molecular formula is C23H28F2N6O2S. The number of rotatable bonds is 3. The Labute approximate surface area is 197 Å². The van der Waals surface area contributed by atoms with E-state index in [9.17, 15) is 13.4 Å². The Morgan fingerprint density at radius 1 is 1.24 bits per heavy atom. The summed E-state index contributed by atoms with van der Waals surface area (Å²) in [6, 6.07) is 3.68. The monoisotopic (exact) mass is 490 g/mol. The smallest absolute Gasteiger partial charge is 0.275 e. The molecule has 3 N–H and O–H groups in total. The van der Waals surface area contributed by atoms with Crippen molar-refractivity contribution in [1.29, 1.82) is 0 Å². The van der Waals surface area contributed by atoms with Gasteiger partial charge in [0, 0.05) is 6.54 Å². The molecule has 1 amide bonds. The van der Waals surface area contributed by atoms with Gasteiger partial charge in [0.1, 0.15) is 45.0 Å². The summed E-state index contributed by atoms with van der Waals surface area (Å²) < 4.78 is 46.5. The Morgan fingerprint density at radius 3 is 2.68 bits per heavy atom. The second-order valence-electron chi connectivity index (χ2n) is 9.36. The molecule has 8 nitrogen and oxygen atoms in total. The van der Waals surface area contributed by atoms with Gasteiger partial charge in [-0.3, -0.25) is 9.79 Å². The quantitative estimate of drug-likeness (QED) is 0.679. The number of nitrogens with two attached hydrogens (primary N) is 1. The maximum absolute atomic E-state index is 15.2. The first-order valence-corrected chi connectivity index (χ1v) is 12.7. The van der Waals surface area contributed by atoms with E-state index in [0.29, 0.717) is 18.5 Å². The van der Waals surface area contributed by atoms with Crippen LogP contribution in [0.1, 0.15) is 61.8 Å². The Kier molecular flexibility index (Phi) is 5.95. The minimum atomic E-state index is -2.93. The molecule has 0 fully saturated rings. The molecule has 0 saturated carbocycles. The van der Waals surface area contributed by atoms with Crippen LogP contribution in [-0.4, -0.2) is 42.5 Å². The van der Waals surface area contributed by atoms with Crippen molar-refractivity contribution in [2.75, 3.05) is 11.9 Å². The van der Waals surface area contributed by atoms with Gasteiger partial charge < -0.3 is 11.1 Å². The van der Waals surface area contributed by atoms with Gasteiger partial charge in [0.15, 0.2) is 0 Å². The number of carbonyl (C=O) groups is 1. The van der Waals surface area contributed by atoms with Gasteiger partial charge in [-0.2, -0.15) is 0 Å². The van der Waals surface area contributed by atoms with Crippen LogP contribution < -0.4 is 11.1 Å². The molecule has 2 aromatic heterocycles. The summed E-state index contributed by atoms with van der Waals surface area (Å²) in [5.41, 5.74) is 5.25. The van der Waals surface area contributed by atoms with Gasteiger partial charge in [-0.1, -0.05) is 6.42 Å². The van der Waals surface area contributed by atoms with E-state index in [1.807, 2.05) is 0 Å². The Hall–Kier alpha value is -2.95. The number of anilines is 1. The second-order valence-corrected chi connectivity index (χ2v) is 12.3. The van der Waals surface area contributed by atoms with Crippen molar-refractivity contribution < 1.29 is 17.8 Å². The average molecular weight is 491 g/mol. The van der Waals surface area contributed by atoms with Gasteiger partial charge in [0.2, 0.25) is 0 Å². The van der Waals surface area contributed by atoms with E-state index in [1.54, 1.807) is 27.7 Å². The van der Waals surface area contributed by atoms with E-state index < -0.39 is 42.8 Å². The summed E-state index contributed by atoms with van der Waals surface area (Å²) in [4.78, 5) is 25.6. The number of carbonyl (C=O) groups excluding carboxylic acids is 1. The normalized spacial score (nSPS) is 28.2. The highest BCUT2D eigenvalue weighted by Crippen LogP contribution is 2.46. The summed E-state index contributed by atoms with van der Waals surface area (Å²) in [6.45, 7) is 7.19. The zero-order chi connectivity index (χ0) is 24.9. The Morgan fingerprint density at radius 2 is 1.97 bits per heavy atom. The van der Waals surface area contributed by atoms with E-state index in [1.165, 1.54) is 18.2 Å². The van der Waals surface area contributed by atoms with Crippen molar-refractivity contribution in [3.8, 4) is 0 Å². The van der Waals surface area contributed by atoms with Gasteiger partial charge in [-0.15, -0.1) is 0 Å². The molecule has 2 aliphatic heterocycles. The molecule has 2 aliphatic rings. The van der Waals surface area contributed by atoms with E-state index in [2.05, 4.69) is 24.6 Å². The number of aromatic nitrogens is 2. The number of nitrogens with one attached hydrogen (secondary N) is 1. The molecule has 0 saturated heterocycles. The van der Waals surface area contributed by atoms with Crippen LogP contribution in [0, 0.1) is 18.6 Å². The van der Waals surface area contributed by atoms with Crippen molar-refractivity contribution in [1.82, 2.24) is 9.97 Å². The fourth-order valence-electron chi connectivity index (χ4n) is 4.63. The number of hydrogen-bond acceptors (Lipinski definition) is 7. The van der Waals surface area contributed by atoms with Gasteiger partial charge in [0.25, 0.3) is 5.91 Å². The minimum absolute atomic E-state index is 0.0209. The van der Waals surface area contributed by atoms with Crippen LogP contribution in [0.2, 0.25) is 0 Å². The number of pyridine rings is 2. The molecule has 182 valence electrons. The van der Waals surface area contributed by atoms with Crippen molar-refractivity contribution in [3.63, 3.8) is 0 Å². The number of aliphatic imine (C=N–C) groups is 1. The average Bonchev–Trinajstić information content (AvgIpc) is 2.97. The van der Waals surface area contributed by atoms with Crippen molar-refractivity contribution in [2.24, 2.45) is 15.1 Å². The topological polar surface area (TPSA) is 123 Å². The van der Waals surface area contributed by atoms with Crippen molar-refractivity contribution >= 4 is 27.3 Å². The zero-order valence-electron chi connectivity index (χ0n) is 19.6. The standard InChI is InChI=1S/C23H28F2N6O2S/c1-13-11-14(24)12-27-18(13)20(32)30-17-9-8-15(25)19(29-17)23(4)16-7-5-6-10-28-34(16,33)22(2,3)21(26)31-23/h8-9,11-12,16H,5-7,10H2,1-4H3,(H2,26,31)(H,29,30,32)/t16-,23-,34+/m0/s1. The SMILES string of the molecule is Cc1cc(F)cnc1C(=O)Nc1ccc(F)c([C@@]2(C)N=C(N)C(C)(C)[S@@]3(=O)=NCCCC[C@@H]23)n1. The third-order valence-electron chi connectivity index (χ3n) is 6.70. The molecule has 0 bridgehead atoms. The number of halogens is 2. The van der Waals surface area contributed by atoms with E-state index >= 15 is 4.39 Å². The molecule has 0 radical (unpaired) electrons. The molecule has 0 aromatic carbocycles. The van der Waals surface area contributed by atoms with Gasteiger partial charge in [-0.25, -0.2) is 27.3 Å².